The molecule has 3 amide bonds. The van der Waals surface area contributed by atoms with Crippen molar-refractivity contribution in [3.8, 4) is 5.75 Å². The summed E-state index contributed by atoms with van der Waals surface area (Å²) in [7, 11) is 0. The molecular weight excluding hydrogens is 368 g/mol. The summed E-state index contributed by atoms with van der Waals surface area (Å²) >= 11 is 3.30. The summed E-state index contributed by atoms with van der Waals surface area (Å²) < 4.78 is 11.4. The smallest absolute Gasteiger partial charge is 0.347 e. The Balaban J connectivity index is 1.88. The number of amides is 3. The van der Waals surface area contributed by atoms with Gasteiger partial charge in [0.2, 0.25) is 0 Å². The van der Waals surface area contributed by atoms with Crippen molar-refractivity contribution in [2.75, 3.05) is 13.1 Å². The molecule has 0 bridgehead atoms. The van der Waals surface area contributed by atoms with Gasteiger partial charge < -0.3 is 14.8 Å². The van der Waals surface area contributed by atoms with E-state index in [4.69, 9.17) is 9.47 Å². The lowest BCUT2D eigenvalue weighted by Crippen LogP contribution is -2.43. The van der Waals surface area contributed by atoms with Gasteiger partial charge in [0.15, 0.2) is 12.2 Å². The number of carbonyl (C=O) groups is 3. The molecule has 0 aromatic heterocycles. The topological polar surface area (TPSA) is 84.9 Å². The van der Waals surface area contributed by atoms with Gasteiger partial charge in [-0.2, -0.15) is 0 Å². The first-order chi connectivity index (χ1) is 10.9. The Morgan fingerprint density at radius 3 is 2.43 bits per heavy atom. The summed E-state index contributed by atoms with van der Waals surface area (Å²) in [5.74, 6) is -0.715. The van der Waals surface area contributed by atoms with Crippen LogP contribution in [0, 0.1) is 0 Å². The predicted octanol–water partition coefficient (Wildman–Crippen LogP) is 1.70. The van der Waals surface area contributed by atoms with Crippen molar-refractivity contribution in [3.05, 3.63) is 28.7 Å². The van der Waals surface area contributed by atoms with Crippen molar-refractivity contribution >= 4 is 33.8 Å². The first kappa shape index (κ1) is 17.3. The molecule has 1 heterocycles. The summed E-state index contributed by atoms with van der Waals surface area (Å²) in [6.45, 7) is 3.63. The van der Waals surface area contributed by atoms with Crippen LogP contribution in [0.5, 0.6) is 5.75 Å². The molecule has 0 unspecified atom stereocenters. The second-order valence-electron chi connectivity index (χ2n) is 5.01. The van der Waals surface area contributed by atoms with E-state index in [1.54, 1.807) is 24.3 Å². The normalized spacial score (nSPS) is 16.5. The Morgan fingerprint density at radius 1 is 1.22 bits per heavy atom. The molecule has 0 aliphatic carbocycles. The molecule has 1 aliphatic heterocycles. The highest BCUT2D eigenvalue weighted by Gasteiger charge is 2.32. The fourth-order valence-electron chi connectivity index (χ4n) is 1.99. The monoisotopic (exact) mass is 384 g/mol. The van der Waals surface area contributed by atoms with Crippen molar-refractivity contribution in [2.24, 2.45) is 0 Å². The molecule has 23 heavy (non-hydrogen) atoms. The number of benzene rings is 1. The SMILES string of the molecule is C[C@H](Oc1ccc(Br)cc1)C(=O)O[C@H](C)C(=O)N1CCNC1=O. The summed E-state index contributed by atoms with van der Waals surface area (Å²) in [4.78, 5) is 36.5. The van der Waals surface area contributed by atoms with Gasteiger partial charge in [-0.3, -0.25) is 9.69 Å². The number of halogens is 1. The van der Waals surface area contributed by atoms with E-state index >= 15 is 0 Å². The highest BCUT2D eigenvalue weighted by Crippen LogP contribution is 2.18. The van der Waals surface area contributed by atoms with E-state index in [2.05, 4.69) is 21.2 Å². The minimum atomic E-state index is -1.05. The minimum absolute atomic E-state index is 0.268. The minimum Gasteiger partial charge on any atom is -0.479 e. The van der Waals surface area contributed by atoms with Crippen LogP contribution in [0.2, 0.25) is 0 Å². The van der Waals surface area contributed by atoms with E-state index in [0.29, 0.717) is 12.3 Å². The van der Waals surface area contributed by atoms with Gasteiger partial charge in [0.25, 0.3) is 5.91 Å². The molecule has 7 nitrogen and oxygen atoms in total. The van der Waals surface area contributed by atoms with E-state index in [0.717, 1.165) is 9.37 Å². The lowest BCUT2D eigenvalue weighted by Gasteiger charge is -2.20. The van der Waals surface area contributed by atoms with Crippen LogP contribution < -0.4 is 10.1 Å². The number of esters is 1. The van der Waals surface area contributed by atoms with Crippen LogP contribution in [0.4, 0.5) is 4.79 Å². The Bertz CT molecular complexity index is 604. The maximum atomic E-state index is 12.1. The van der Waals surface area contributed by atoms with Gasteiger partial charge in [0, 0.05) is 17.6 Å². The van der Waals surface area contributed by atoms with Gasteiger partial charge in [-0.1, -0.05) is 15.9 Å². The van der Waals surface area contributed by atoms with Crippen LogP contribution in [0.3, 0.4) is 0 Å². The third-order valence-corrected chi connectivity index (χ3v) is 3.75. The van der Waals surface area contributed by atoms with Crippen LogP contribution in [0.25, 0.3) is 0 Å². The van der Waals surface area contributed by atoms with Crippen molar-refractivity contribution in [1.82, 2.24) is 10.2 Å². The number of hydrogen-bond acceptors (Lipinski definition) is 5. The molecule has 2 atom stereocenters. The molecule has 0 spiro atoms. The summed E-state index contributed by atoms with van der Waals surface area (Å²) in [5, 5.41) is 2.52. The number of nitrogens with one attached hydrogen (secondary N) is 1. The quantitative estimate of drug-likeness (QED) is 0.780. The van der Waals surface area contributed by atoms with Crippen molar-refractivity contribution in [1.29, 1.82) is 0 Å². The van der Waals surface area contributed by atoms with Gasteiger partial charge in [-0.05, 0) is 38.1 Å². The summed E-state index contributed by atoms with van der Waals surface area (Å²) in [6.07, 6.45) is -1.93. The van der Waals surface area contributed by atoms with Gasteiger partial charge in [-0.25, -0.2) is 9.59 Å². The number of hydrogen-bond donors (Lipinski definition) is 1. The Labute approximate surface area is 142 Å². The van der Waals surface area contributed by atoms with Crippen molar-refractivity contribution in [3.63, 3.8) is 0 Å². The van der Waals surface area contributed by atoms with Crippen LogP contribution in [0.15, 0.2) is 28.7 Å². The van der Waals surface area contributed by atoms with Crippen molar-refractivity contribution < 1.29 is 23.9 Å². The van der Waals surface area contributed by atoms with Gasteiger partial charge in [0.1, 0.15) is 5.75 Å². The van der Waals surface area contributed by atoms with Gasteiger partial charge in [0.05, 0.1) is 0 Å². The standard InChI is InChI=1S/C15H17BrN2O5/c1-9(13(19)18-8-7-17-15(18)21)23-14(20)10(2)22-12-5-3-11(16)4-6-12/h3-6,9-10H,7-8H2,1-2H3,(H,17,21)/t9-,10+/m1/s1. The number of urea groups is 1. The third kappa shape index (κ3) is 4.44. The maximum absolute atomic E-state index is 12.1. The largest absolute Gasteiger partial charge is 0.479 e. The zero-order valence-electron chi connectivity index (χ0n) is 12.7. The molecule has 1 N–H and O–H groups in total. The molecule has 2 rings (SSSR count). The second kappa shape index (κ2) is 7.45. The molecule has 124 valence electrons. The molecule has 0 radical (unpaired) electrons. The molecule has 8 heteroatoms. The third-order valence-electron chi connectivity index (χ3n) is 3.22. The number of ether oxygens (including phenoxy) is 2. The highest BCUT2D eigenvalue weighted by molar-refractivity contribution is 9.10. The van der Waals surface area contributed by atoms with E-state index in [1.807, 2.05) is 0 Å². The first-order valence-electron chi connectivity index (χ1n) is 7.10. The Morgan fingerprint density at radius 2 is 1.87 bits per heavy atom. The van der Waals surface area contributed by atoms with E-state index in [-0.39, 0.29) is 6.54 Å². The number of rotatable bonds is 5. The van der Waals surface area contributed by atoms with Gasteiger partial charge >= 0.3 is 12.0 Å². The van der Waals surface area contributed by atoms with Crippen LogP contribution in [-0.4, -0.2) is 48.1 Å². The zero-order chi connectivity index (χ0) is 17.0. The molecule has 0 saturated carbocycles. The maximum Gasteiger partial charge on any atom is 0.347 e. The van der Waals surface area contributed by atoms with Crippen LogP contribution >= 0.6 is 15.9 Å². The zero-order valence-corrected chi connectivity index (χ0v) is 14.3. The van der Waals surface area contributed by atoms with Crippen LogP contribution in [0.1, 0.15) is 13.8 Å². The molecule has 1 aliphatic rings. The van der Waals surface area contributed by atoms with E-state index in [9.17, 15) is 14.4 Å². The Kier molecular flexibility index (Phi) is 5.59. The summed E-state index contributed by atoms with van der Waals surface area (Å²) in [6, 6.07) is 6.50. The highest BCUT2D eigenvalue weighted by atomic mass is 79.9. The Hall–Kier alpha value is -2.09. The molecule has 1 saturated heterocycles. The first-order valence-corrected chi connectivity index (χ1v) is 7.89. The molecular formula is C15H17BrN2O5. The number of imide groups is 1. The fourth-order valence-corrected chi connectivity index (χ4v) is 2.25. The fraction of sp³-hybridized carbons (Fsp3) is 0.400. The number of carbonyl (C=O) groups excluding carboxylic acids is 3. The van der Waals surface area contributed by atoms with E-state index in [1.165, 1.54) is 13.8 Å². The van der Waals surface area contributed by atoms with Gasteiger partial charge in [-0.15, -0.1) is 0 Å². The van der Waals surface area contributed by atoms with Crippen LogP contribution in [-0.2, 0) is 14.3 Å². The molecule has 1 aromatic rings. The average Bonchev–Trinajstić information content (AvgIpc) is 2.94. The molecule has 1 fully saturated rings. The van der Waals surface area contributed by atoms with E-state index < -0.39 is 30.1 Å². The molecule has 1 aromatic carbocycles. The van der Waals surface area contributed by atoms with Crippen molar-refractivity contribution in [2.45, 2.75) is 26.1 Å². The predicted molar refractivity (Wildman–Crippen MR) is 84.9 cm³/mol. The lowest BCUT2D eigenvalue weighted by atomic mass is 10.3. The summed E-state index contributed by atoms with van der Waals surface area (Å²) in [5.41, 5.74) is 0. The number of nitrogens with zero attached hydrogens (tertiary/aromatic N) is 1. The lowest BCUT2D eigenvalue weighted by molar-refractivity contribution is -0.163. The average molecular weight is 385 g/mol. The second-order valence-corrected chi connectivity index (χ2v) is 5.93.